The van der Waals surface area contributed by atoms with Gasteiger partial charge in [0.25, 0.3) is 5.91 Å². The molecule has 0 aromatic carbocycles. The number of nitrogens with two attached hydrogens (primary N) is 1. The van der Waals surface area contributed by atoms with Crippen LogP contribution in [0.4, 0.5) is 0 Å². The minimum Gasteiger partial charge on any atom is -0.480 e. The van der Waals surface area contributed by atoms with Crippen LogP contribution >= 0.6 is 0 Å². The molecule has 106 valence electrons. The normalized spacial score (nSPS) is 12.4. The standard InChI is InChI=1S/C12H20N4O3/c1-8(2)5-9(12(18)19)15-11(17)10-6-16(4-3-13)7-14-10/h6-9H,3-5,13H2,1-2H3,(H,15,17)(H,18,19)/t9-/m0/s1. The Morgan fingerprint density at radius 3 is 2.74 bits per heavy atom. The van der Waals surface area contributed by atoms with Crippen molar-refractivity contribution in [3.63, 3.8) is 0 Å². The van der Waals surface area contributed by atoms with Gasteiger partial charge >= 0.3 is 5.97 Å². The number of carbonyl (C=O) groups is 2. The molecule has 19 heavy (non-hydrogen) atoms. The van der Waals surface area contributed by atoms with Gasteiger partial charge in [0.2, 0.25) is 0 Å². The average Bonchev–Trinajstić information content (AvgIpc) is 2.76. The van der Waals surface area contributed by atoms with Crippen LogP contribution in [0.1, 0.15) is 30.8 Å². The van der Waals surface area contributed by atoms with E-state index in [0.29, 0.717) is 19.5 Å². The molecule has 0 aliphatic rings. The van der Waals surface area contributed by atoms with Crippen LogP contribution in [0.2, 0.25) is 0 Å². The highest BCUT2D eigenvalue weighted by atomic mass is 16.4. The fraction of sp³-hybridized carbons (Fsp3) is 0.583. The second-order valence-corrected chi connectivity index (χ2v) is 4.78. The van der Waals surface area contributed by atoms with E-state index in [-0.39, 0.29) is 11.6 Å². The van der Waals surface area contributed by atoms with Gasteiger partial charge in [0.1, 0.15) is 11.7 Å². The number of aliphatic carboxylic acids is 1. The Balaban J connectivity index is 2.67. The molecule has 0 saturated carbocycles. The van der Waals surface area contributed by atoms with Gasteiger partial charge < -0.3 is 20.7 Å². The smallest absolute Gasteiger partial charge is 0.326 e. The van der Waals surface area contributed by atoms with Crippen molar-refractivity contribution in [3.05, 3.63) is 18.2 Å². The van der Waals surface area contributed by atoms with E-state index in [0.717, 1.165) is 0 Å². The number of carboxylic acid groups (broad SMARTS) is 1. The maximum absolute atomic E-state index is 11.9. The molecule has 0 bridgehead atoms. The Kier molecular flexibility index (Phi) is 5.50. The summed E-state index contributed by atoms with van der Waals surface area (Å²) >= 11 is 0. The molecule has 1 heterocycles. The van der Waals surface area contributed by atoms with Gasteiger partial charge in [-0.15, -0.1) is 0 Å². The van der Waals surface area contributed by atoms with Crippen molar-refractivity contribution in [2.75, 3.05) is 6.54 Å². The zero-order chi connectivity index (χ0) is 14.4. The summed E-state index contributed by atoms with van der Waals surface area (Å²) in [4.78, 5) is 26.9. The lowest BCUT2D eigenvalue weighted by Gasteiger charge is -2.15. The Hall–Kier alpha value is -1.89. The first-order chi connectivity index (χ1) is 8.93. The summed E-state index contributed by atoms with van der Waals surface area (Å²) < 4.78 is 1.69. The molecule has 1 atom stereocenters. The summed E-state index contributed by atoms with van der Waals surface area (Å²) in [6.07, 6.45) is 3.43. The molecule has 0 fully saturated rings. The van der Waals surface area contributed by atoms with Crippen LogP contribution in [-0.4, -0.2) is 39.1 Å². The van der Waals surface area contributed by atoms with Gasteiger partial charge in [0.05, 0.1) is 6.33 Å². The first-order valence-electron chi connectivity index (χ1n) is 6.19. The summed E-state index contributed by atoms with van der Waals surface area (Å²) in [5.41, 5.74) is 5.59. The summed E-state index contributed by atoms with van der Waals surface area (Å²) in [7, 11) is 0. The molecule has 0 aliphatic heterocycles. The molecular weight excluding hydrogens is 248 g/mol. The monoisotopic (exact) mass is 268 g/mol. The maximum Gasteiger partial charge on any atom is 0.326 e. The minimum atomic E-state index is -1.04. The number of hydrogen-bond acceptors (Lipinski definition) is 4. The molecular formula is C12H20N4O3. The minimum absolute atomic E-state index is 0.177. The lowest BCUT2D eigenvalue weighted by Crippen LogP contribution is -2.41. The van der Waals surface area contributed by atoms with E-state index in [1.54, 1.807) is 10.8 Å². The third-order valence-electron chi connectivity index (χ3n) is 2.56. The van der Waals surface area contributed by atoms with Gasteiger partial charge in [-0.25, -0.2) is 9.78 Å². The molecule has 0 saturated heterocycles. The molecule has 1 rings (SSSR count). The molecule has 7 heteroatoms. The van der Waals surface area contributed by atoms with Crippen molar-refractivity contribution in [1.29, 1.82) is 0 Å². The number of nitrogens with one attached hydrogen (secondary N) is 1. The molecule has 0 aliphatic carbocycles. The SMILES string of the molecule is CC(C)C[C@H](NC(=O)c1cn(CCN)cn1)C(=O)O. The van der Waals surface area contributed by atoms with Crippen LogP contribution in [0.25, 0.3) is 0 Å². The van der Waals surface area contributed by atoms with E-state index in [1.807, 2.05) is 13.8 Å². The first kappa shape index (κ1) is 15.2. The number of imidazole rings is 1. The molecule has 0 unspecified atom stereocenters. The zero-order valence-corrected chi connectivity index (χ0v) is 11.2. The fourth-order valence-electron chi connectivity index (χ4n) is 1.67. The molecule has 0 spiro atoms. The Morgan fingerprint density at radius 1 is 1.53 bits per heavy atom. The van der Waals surface area contributed by atoms with E-state index in [4.69, 9.17) is 10.8 Å². The highest BCUT2D eigenvalue weighted by Gasteiger charge is 2.22. The number of rotatable bonds is 7. The van der Waals surface area contributed by atoms with E-state index < -0.39 is 17.9 Å². The number of carboxylic acids is 1. The molecule has 1 aromatic rings. The van der Waals surface area contributed by atoms with Crippen molar-refractivity contribution >= 4 is 11.9 Å². The molecule has 7 nitrogen and oxygen atoms in total. The first-order valence-corrected chi connectivity index (χ1v) is 6.19. The second kappa shape index (κ2) is 6.89. The molecule has 1 amide bonds. The van der Waals surface area contributed by atoms with Crippen molar-refractivity contribution in [2.24, 2.45) is 11.7 Å². The summed E-state index contributed by atoms with van der Waals surface area (Å²) in [5, 5.41) is 11.5. The summed E-state index contributed by atoms with van der Waals surface area (Å²) in [6, 6.07) is -0.896. The van der Waals surface area contributed by atoms with Crippen molar-refractivity contribution < 1.29 is 14.7 Å². The van der Waals surface area contributed by atoms with Crippen molar-refractivity contribution in [2.45, 2.75) is 32.9 Å². The highest BCUT2D eigenvalue weighted by molar-refractivity contribution is 5.94. The zero-order valence-electron chi connectivity index (χ0n) is 11.2. The van der Waals surface area contributed by atoms with Crippen LogP contribution in [0.5, 0.6) is 0 Å². The van der Waals surface area contributed by atoms with Crippen LogP contribution in [0.3, 0.4) is 0 Å². The Labute approximate surface area is 111 Å². The lowest BCUT2D eigenvalue weighted by atomic mass is 10.0. The molecule has 4 N–H and O–H groups in total. The van der Waals surface area contributed by atoms with Crippen LogP contribution < -0.4 is 11.1 Å². The Bertz CT molecular complexity index is 442. The Morgan fingerprint density at radius 2 is 2.21 bits per heavy atom. The molecule has 1 aromatic heterocycles. The van der Waals surface area contributed by atoms with Gasteiger partial charge in [0, 0.05) is 19.3 Å². The third-order valence-corrected chi connectivity index (χ3v) is 2.56. The van der Waals surface area contributed by atoms with Gasteiger partial charge in [-0.3, -0.25) is 4.79 Å². The largest absolute Gasteiger partial charge is 0.480 e. The summed E-state index contributed by atoms with van der Waals surface area (Å²) in [5.74, 6) is -1.34. The van der Waals surface area contributed by atoms with Crippen LogP contribution in [-0.2, 0) is 11.3 Å². The number of carbonyl (C=O) groups excluding carboxylic acids is 1. The van der Waals surface area contributed by atoms with Crippen molar-refractivity contribution in [1.82, 2.24) is 14.9 Å². The quantitative estimate of drug-likeness (QED) is 0.648. The number of amides is 1. The molecule has 0 radical (unpaired) electrons. The van der Waals surface area contributed by atoms with Gasteiger partial charge in [-0.05, 0) is 12.3 Å². The van der Waals surface area contributed by atoms with Gasteiger partial charge in [-0.2, -0.15) is 0 Å². The van der Waals surface area contributed by atoms with E-state index in [2.05, 4.69) is 10.3 Å². The second-order valence-electron chi connectivity index (χ2n) is 4.78. The van der Waals surface area contributed by atoms with Crippen LogP contribution in [0.15, 0.2) is 12.5 Å². The maximum atomic E-state index is 11.9. The third kappa shape index (κ3) is 4.70. The van der Waals surface area contributed by atoms with Gasteiger partial charge in [-0.1, -0.05) is 13.8 Å². The number of hydrogen-bond donors (Lipinski definition) is 3. The number of nitrogens with zero attached hydrogens (tertiary/aromatic N) is 2. The fourth-order valence-corrected chi connectivity index (χ4v) is 1.67. The van der Waals surface area contributed by atoms with Gasteiger partial charge in [0.15, 0.2) is 0 Å². The van der Waals surface area contributed by atoms with E-state index >= 15 is 0 Å². The topological polar surface area (TPSA) is 110 Å². The average molecular weight is 268 g/mol. The lowest BCUT2D eigenvalue weighted by molar-refractivity contribution is -0.139. The van der Waals surface area contributed by atoms with E-state index in [1.165, 1.54) is 6.33 Å². The van der Waals surface area contributed by atoms with Crippen molar-refractivity contribution in [3.8, 4) is 0 Å². The predicted molar refractivity (Wildman–Crippen MR) is 69.6 cm³/mol. The number of aromatic nitrogens is 2. The predicted octanol–water partition coefficient (Wildman–Crippen LogP) is 0.0709. The summed E-state index contributed by atoms with van der Waals surface area (Å²) in [6.45, 7) is 4.81. The highest BCUT2D eigenvalue weighted by Crippen LogP contribution is 2.06. The van der Waals surface area contributed by atoms with E-state index in [9.17, 15) is 9.59 Å². The van der Waals surface area contributed by atoms with Crippen LogP contribution in [0, 0.1) is 5.92 Å².